The summed E-state index contributed by atoms with van der Waals surface area (Å²) in [6.45, 7) is 5.40. The Morgan fingerprint density at radius 2 is 2.10 bits per heavy atom. The summed E-state index contributed by atoms with van der Waals surface area (Å²) in [5.74, 6) is 2.26. The fraction of sp³-hybridized carbons (Fsp3) is 0.714. The van der Waals surface area contributed by atoms with Gasteiger partial charge in [0.25, 0.3) is 0 Å². The van der Waals surface area contributed by atoms with Gasteiger partial charge in [0.15, 0.2) is 0 Å². The largest absolute Gasteiger partial charge is 0.383 e. The minimum atomic E-state index is 0.512. The minimum absolute atomic E-state index is 0.512. The number of rotatable bonds is 8. The number of nitrogens with one attached hydrogen (secondary N) is 1. The van der Waals surface area contributed by atoms with Crippen LogP contribution in [-0.4, -0.2) is 55.3 Å². The van der Waals surface area contributed by atoms with Crippen molar-refractivity contribution in [2.45, 2.75) is 25.7 Å². The zero-order valence-corrected chi connectivity index (χ0v) is 13.2. The van der Waals surface area contributed by atoms with Crippen LogP contribution in [0.3, 0.4) is 0 Å². The quantitative estimate of drug-likeness (QED) is 0.746. The van der Waals surface area contributed by atoms with Crippen molar-refractivity contribution >= 4 is 17.4 Å². The van der Waals surface area contributed by atoms with Crippen molar-refractivity contribution in [3.63, 3.8) is 0 Å². The SMILES string of the molecule is COCCN(C)CCNc1nc(C2CC2)nc(Cl)c1C. The average Bonchev–Trinajstić information content (AvgIpc) is 3.25. The summed E-state index contributed by atoms with van der Waals surface area (Å²) in [7, 11) is 3.80. The molecule has 112 valence electrons. The summed E-state index contributed by atoms with van der Waals surface area (Å²) in [6, 6.07) is 0. The number of hydrogen-bond acceptors (Lipinski definition) is 5. The summed E-state index contributed by atoms with van der Waals surface area (Å²) in [5, 5.41) is 3.93. The van der Waals surface area contributed by atoms with E-state index in [-0.39, 0.29) is 0 Å². The molecule has 0 aliphatic heterocycles. The van der Waals surface area contributed by atoms with Gasteiger partial charge in [-0.05, 0) is 26.8 Å². The molecule has 1 saturated carbocycles. The van der Waals surface area contributed by atoms with Crippen LogP contribution in [0.25, 0.3) is 0 Å². The highest BCUT2D eigenvalue weighted by atomic mass is 35.5. The molecule has 1 N–H and O–H groups in total. The topological polar surface area (TPSA) is 50.3 Å². The van der Waals surface area contributed by atoms with Crippen molar-refractivity contribution in [3.05, 3.63) is 16.5 Å². The third-order valence-corrected chi connectivity index (χ3v) is 3.88. The molecule has 0 saturated heterocycles. The van der Waals surface area contributed by atoms with E-state index in [4.69, 9.17) is 16.3 Å². The fourth-order valence-electron chi connectivity index (χ4n) is 1.93. The first-order valence-electron chi connectivity index (χ1n) is 7.07. The van der Waals surface area contributed by atoms with Gasteiger partial charge in [-0.15, -0.1) is 0 Å². The molecule has 1 aliphatic rings. The molecule has 2 rings (SSSR count). The van der Waals surface area contributed by atoms with Gasteiger partial charge in [0.2, 0.25) is 0 Å². The molecule has 0 aromatic carbocycles. The van der Waals surface area contributed by atoms with Gasteiger partial charge in [0.1, 0.15) is 16.8 Å². The van der Waals surface area contributed by atoms with E-state index in [1.807, 2.05) is 6.92 Å². The molecule has 0 radical (unpaired) electrons. The third kappa shape index (κ3) is 4.30. The van der Waals surface area contributed by atoms with Gasteiger partial charge in [-0.2, -0.15) is 0 Å². The monoisotopic (exact) mass is 298 g/mol. The Labute approximate surface area is 125 Å². The van der Waals surface area contributed by atoms with Gasteiger partial charge in [0, 0.05) is 38.2 Å². The molecule has 0 atom stereocenters. The number of likely N-dealkylation sites (N-methyl/N-ethyl adjacent to an activating group) is 1. The van der Waals surface area contributed by atoms with Crippen molar-refractivity contribution < 1.29 is 4.74 Å². The van der Waals surface area contributed by atoms with Crippen LogP contribution in [0.4, 0.5) is 5.82 Å². The lowest BCUT2D eigenvalue weighted by Gasteiger charge is -2.17. The maximum atomic E-state index is 6.18. The number of nitrogens with zero attached hydrogens (tertiary/aromatic N) is 3. The molecule has 1 aromatic heterocycles. The maximum Gasteiger partial charge on any atom is 0.137 e. The second kappa shape index (κ2) is 7.20. The van der Waals surface area contributed by atoms with E-state index in [1.165, 1.54) is 12.8 Å². The van der Waals surface area contributed by atoms with Crippen molar-refractivity contribution in [1.82, 2.24) is 14.9 Å². The van der Waals surface area contributed by atoms with Gasteiger partial charge >= 0.3 is 0 Å². The van der Waals surface area contributed by atoms with E-state index in [0.717, 1.165) is 43.4 Å². The van der Waals surface area contributed by atoms with Gasteiger partial charge < -0.3 is 15.0 Å². The zero-order valence-electron chi connectivity index (χ0n) is 12.4. The van der Waals surface area contributed by atoms with Crippen LogP contribution < -0.4 is 5.32 Å². The van der Waals surface area contributed by atoms with Gasteiger partial charge in [0.05, 0.1) is 6.61 Å². The fourth-order valence-corrected chi connectivity index (χ4v) is 2.10. The summed E-state index contributed by atoms with van der Waals surface area (Å²) >= 11 is 6.18. The van der Waals surface area contributed by atoms with Crippen LogP contribution in [0.1, 0.15) is 30.1 Å². The van der Waals surface area contributed by atoms with Crippen LogP contribution in [-0.2, 0) is 4.74 Å². The van der Waals surface area contributed by atoms with Crippen molar-refractivity contribution in [3.8, 4) is 0 Å². The summed E-state index contributed by atoms with van der Waals surface area (Å²) in [4.78, 5) is 11.2. The molecule has 0 amide bonds. The Morgan fingerprint density at radius 3 is 2.75 bits per heavy atom. The van der Waals surface area contributed by atoms with Crippen molar-refractivity contribution in [1.29, 1.82) is 0 Å². The standard InChI is InChI=1S/C14H23ClN4O/c1-10-12(15)17-14(11-4-5-11)18-13(10)16-6-7-19(2)8-9-20-3/h11H,4-9H2,1-3H3,(H,16,17,18). The highest BCUT2D eigenvalue weighted by molar-refractivity contribution is 6.30. The lowest BCUT2D eigenvalue weighted by Crippen LogP contribution is -2.28. The Kier molecular flexibility index (Phi) is 5.57. The molecule has 0 spiro atoms. The highest BCUT2D eigenvalue weighted by Crippen LogP contribution is 2.39. The molecule has 0 unspecified atom stereocenters. The first-order chi connectivity index (χ1) is 9.61. The van der Waals surface area contributed by atoms with Crippen LogP contribution in [0, 0.1) is 6.92 Å². The van der Waals surface area contributed by atoms with E-state index >= 15 is 0 Å². The van der Waals surface area contributed by atoms with Crippen LogP contribution in [0.2, 0.25) is 5.15 Å². The molecular formula is C14H23ClN4O. The normalized spacial score (nSPS) is 14.8. The van der Waals surface area contributed by atoms with Crippen molar-refractivity contribution in [2.24, 2.45) is 0 Å². The Morgan fingerprint density at radius 1 is 1.35 bits per heavy atom. The molecule has 5 nitrogen and oxygen atoms in total. The summed E-state index contributed by atoms with van der Waals surface area (Å²) in [6.07, 6.45) is 2.36. The van der Waals surface area contributed by atoms with E-state index < -0.39 is 0 Å². The molecule has 0 bridgehead atoms. The predicted molar refractivity (Wildman–Crippen MR) is 81.6 cm³/mol. The smallest absolute Gasteiger partial charge is 0.137 e. The number of aromatic nitrogens is 2. The van der Waals surface area contributed by atoms with Crippen LogP contribution in [0.15, 0.2) is 0 Å². The van der Waals surface area contributed by atoms with Gasteiger partial charge in [-0.1, -0.05) is 11.6 Å². The van der Waals surface area contributed by atoms with E-state index in [1.54, 1.807) is 7.11 Å². The molecular weight excluding hydrogens is 276 g/mol. The lowest BCUT2D eigenvalue weighted by molar-refractivity contribution is 0.163. The van der Waals surface area contributed by atoms with E-state index in [9.17, 15) is 0 Å². The van der Waals surface area contributed by atoms with Crippen LogP contribution in [0.5, 0.6) is 0 Å². The molecule has 1 aliphatic carbocycles. The maximum absolute atomic E-state index is 6.18. The number of anilines is 1. The van der Waals surface area contributed by atoms with Gasteiger partial charge in [-0.25, -0.2) is 9.97 Å². The Hall–Kier alpha value is -0.910. The van der Waals surface area contributed by atoms with Crippen LogP contribution >= 0.6 is 11.6 Å². The lowest BCUT2D eigenvalue weighted by atomic mass is 10.3. The Bertz CT molecular complexity index is 451. The molecule has 1 fully saturated rings. The zero-order chi connectivity index (χ0) is 14.5. The minimum Gasteiger partial charge on any atom is -0.383 e. The molecule has 1 aromatic rings. The second-order valence-electron chi connectivity index (χ2n) is 5.34. The van der Waals surface area contributed by atoms with E-state index in [2.05, 4.69) is 27.2 Å². The van der Waals surface area contributed by atoms with Gasteiger partial charge in [-0.3, -0.25) is 0 Å². The number of halogens is 1. The Balaban J connectivity index is 1.88. The molecule has 20 heavy (non-hydrogen) atoms. The first-order valence-corrected chi connectivity index (χ1v) is 7.45. The first kappa shape index (κ1) is 15.5. The summed E-state index contributed by atoms with van der Waals surface area (Å²) in [5.41, 5.74) is 0.926. The summed E-state index contributed by atoms with van der Waals surface area (Å²) < 4.78 is 5.06. The average molecular weight is 299 g/mol. The number of hydrogen-bond donors (Lipinski definition) is 1. The highest BCUT2D eigenvalue weighted by Gasteiger charge is 2.27. The second-order valence-corrected chi connectivity index (χ2v) is 5.70. The molecule has 6 heteroatoms. The molecule has 1 heterocycles. The predicted octanol–water partition coefficient (Wildman–Crippen LogP) is 2.31. The number of methoxy groups -OCH3 is 1. The van der Waals surface area contributed by atoms with Crippen molar-refractivity contribution in [2.75, 3.05) is 45.7 Å². The third-order valence-electron chi connectivity index (χ3n) is 3.51. The van der Waals surface area contributed by atoms with E-state index in [0.29, 0.717) is 11.1 Å². The number of ether oxygens (including phenoxy) is 1.